The number of hydrogen-bond donors (Lipinski definition) is 1. The van der Waals surface area contributed by atoms with Gasteiger partial charge < -0.3 is 15.4 Å². The van der Waals surface area contributed by atoms with Gasteiger partial charge in [-0.1, -0.05) is 30.3 Å². The van der Waals surface area contributed by atoms with Crippen molar-refractivity contribution in [2.75, 3.05) is 31.2 Å². The predicted molar refractivity (Wildman–Crippen MR) is 118 cm³/mol. The van der Waals surface area contributed by atoms with Crippen LogP contribution in [-0.2, 0) is 4.74 Å². The van der Waals surface area contributed by atoms with Crippen LogP contribution < -0.4 is 10.6 Å². The standard InChI is InChI=1S/C22H24N6O/c1-3-18-14-21-25-20(15-22(28(21)26-18)27-9-11-29-12-10-27)24-8-7-19(23)17-6-4-5-16(2)13-17/h3-8,13-15H,1,9-12,23H2,2H3. The van der Waals surface area contributed by atoms with E-state index in [1.165, 1.54) is 0 Å². The summed E-state index contributed by atoms with van der Waals surface area (Å²) in [5.74, 6) is 1.54. The van der Waals surface area contributed by atoms with Crippen LogP contribution in [0, 0.1) is 6.92 Å². The Balaban J connectivity index is 1.67. The van der Waals surface area contributed by atoms with E-state index in [1.54, 1.807) is 18.4 Å². The number of nitrogens with zero attached hydrogens (tertiary/aromatic N) is 5. The minimum atomic E-state index is 0.600. The maximum atomic E-state index is 6.19. The van der Waals surface area contributed by atoms with E-state index in [1.807, 2.05) is 47.8 Å². The van der Waals surface area contributed by atoms with Crippen LogP contribution in [-0.4, -0.2) is 47.1 Å². The van der Waals surface area contributed by atoms with Gasteiger partial charge in [-0.25, -0.2) is 9.98 Å². The van der Waals surface area contributed by atoms with Crippen molar-refractivity contribution >= 4 is 35.3 Å². The van der Waals surface area contributed by atoms with Gasteiger partial charge in [-0.05, 0) is 30.7 Å². The summed E-state index contributed by atoms with van der Waals surface area (Å²) in [7, 11) is 0. The van der Waals surface area contributed by atoms with Crippen molar-refractivity contribution < 1.29 is 4.74 Å². The zero-order chi connectivity index (χ0) is 20.2. The molecule has 0 bridgehead atoms. The zero-order valence-electron chi connectivity index (χ0n) is 16.5. The normalized spacial score (nSPS) is 15.3. The number of benzene rings is 1. The van der Waals surface area contributed by atoms with Gasteiger partial charge in [-0.15, -0.1) is 0 Å². The molecule has 1 aliphatic rings. The Morgan fingerprint density at radius 1 is 1.24 bits per heavy atom. The first-order valence-electron chi connectivity index (χ1n) is 9.57. The van der Waals surface area contributed by atoms with Crippen LogP contribution in [0.2, 0.25) is 0 Å². The van der Waals surface area contributed by atoms with Crippen LogP contribution in [0.1, 0.15) is 16.8 Å². The molecule has 2 aromatic heterocycles. The summed E-state index contributed by atoms with van der Waals surface area (Å²) in [5, 5.41) is 4.57. The number of allylic oxidation sites excluding steroid dienone is 1. The van der Waals surface area contributed by atoms with E-state index in [2.05, 4.69) is 26.6 Å². The molecule has 0 aliphatic carbocycles. The monoisotopic (exact) mass is 388 g/mol. The van der Waals surface area contributed by atoms with Crippen LogP contribution in [0.15, 0.2) is 54.0 Å². The maximum absolute atomic E-state index is 6.19. The molecule has 1 aliphatic heterocycles. The lowest BCUT2D eigenvalue weighted by Crippen LogP contribution is -2.37. The Labute approximate surface area is 169 Å². The summed E-state index contributed by atoms with van der Waals surface area (Å²) in [6.45, 7) is 8.82. The van der Waals surface area contributed by atoms with Gasteiger partial charge in [0.15, 0.2) is 11.5 Å². The van der Waals surface area contributed by atoms with Crippen molar-refractivity contribution in [3.8, 4) is 0 Å². The highest BCUT2D eigenvalue weighted by Crippen LogP contribution is 2.23. The third-order valence-electron chi connectivity index (χ3n) is 4.77. The smallest absolute Gasteiger partial charge is 0.160 e. The minimum absolute atomic E-state index is 0.600. The second-order valence-electron chi connectivity index (χ2n) is 6.88. The molecule has 0 amide bonds. The van der Waals surface area contributed by atoms with Crippen molar-refractivity contribution in [2.45, 2.75) is 6.92 Å². The van der Waals surface area contributed by atoms with Crippen LogP contribution in [0.25, 0.3) is 17.4 Å². The van der Waals surface area contributed by atoms with E-state index in [0.717, 1.165) is 41.4 Å². The van der Waals surface area contributed by atoms with Gasteiger partial charge >= 0.3 is 0 Å². The van der Waals surface area contributed by atoms with Crippen molar-refractivity contribution in [2.24, 2.45) is 10.7 Å². The molecule has 4 rings (SSSR count). The molecule has 0 unspecified atom stereocenters. The van der Waals surface area contributed by atoms with Gasteiger partial charge in [-0.3, -0.25) is 0 Å². The maximum Gasteiger partial charge on any atom is 0.160 e. The predicted octanol–water partition coefficient (Wildman–Crippen LogP) is 3.22. The Hall–Kier alpha value is -3.45. The molecule has 7 heteroatoms. The van der Waals surface area contributed by atoms with Crippen LogP contribution in [0.5, 0.6) is 0 Å². The second kappa shape index (κ2) is 8.28. The van der Waals surface area contributed by atoms with Crippen molar-refractivity contribution in [1.29, 1.82) is 0 Å². The van der Waals surface area contributed by atoms with Gasteiger partial charge in [0.05, 0.1) is 18.9 Å². The number of aromatic nitrogens is 3. The quantitative estimate of drug-likeness (QED) is 0.679. The van der Waals surface area contributed by atoms with Gasteiger partial charge in [0.1, 0.15) is 5.82 Å². The first-order chi connectivity index (χ1) is 14.1. The molecule has 7 nitrogen and oxygen atoms in total. The fourth-order valence-corrected chi connectivity index (χ4v) is 3.26. The number of aryl methyl sites for hydroxylation is 1. The summed E-state index contributed by atoms with van der Waals surface area (Å²) >= 11 is 0. The largest absolute Gasteiger partial charge is 0.398 e. The van der Waals surface area contributed by atoms with E-state index in [4.69, 9.17) is 10.5 Å². The molecule has 1 aromatic carbocycles. The molecule has 3 heterocycles. The summed E-state index contributed by atoms with van der Waals surface area (Å²) in [5.41, 5.74) is 10.5. The summed E-state index contributed by atoms with van der Waals surface area (Å²) in [6, 6.07) is 11.9. The zero-order valence-corrected chi connectivity index (χ0v) is 16.5. The minimum Gasteiger partial charge on any atom is -0.398 e. The number of anilines is 1. The van der Waals surface area contributed by atoms with Crippen LogP contribution in [0.3, 0.4) is 0 Å². The third-order valence-corrected chi connectivity index (χ3v) is 4.77. The molecule has 1 fully saturated rings. The molecule has 29 heavy (non-hydrogen) atoms. The van der Waals surface area contributed by atoms with Gasteiger partial charge in [-0.2, -0.15) is 9.61 Å². The topological polar surface area (TPSA) is 81.0 Å². The first kappa shape index (κ1) is 18.9. The molecular weight excluding hydrogens is 364 g/mol. The SMILES string of the molecule is C=Cc1cc2nc(N=CC=C(N)c3cccc(C)c3)cc(N3CCOCC3)n2n1. The number of aliphatic imine (C=N–C) groups is 1. The number of fused-ring (bicyclic) bond motifs is 1. The highest BCUT2D eigenvalue weighted by Gasteiger charge is 2.17. The summed E-state index contributed by atoms with van der Waals surface area (Å²) < 4.78 is 7.31. The van der Waals surface area contributed by atoms with Crippen molar-refractivity contribution in [1.82, 2.24) is 14.6 Å². The number of rotatable bonds is 5. The Kier molecular flexibility index (Phi) is 5.39. The van der Waals surface area contributed by atoms with E-state index in [-0.39, 0.29) is 0 Å². The molecule has 3 aromatic rings. The van der Waals surface area contributed by atoms with Gasteiger partial charge in [0, 0.05) is 37.1 Å². The second-order valence-corrected chi connectivity index (χ2v) is 6.88. The number of hydrogen-bond acceptors (Lipinski definition) is 6. The molecule has 148 valence electrons. The van der Waals surface area contributed by atoms with Gasteiger partial charge in [0.2, 0.25) is 0 Å². The number of morpholine rings is 1. The Morgan fingerprint density at radius 3 is 2.83 bits per heavy atom. The highest BCUT2D eigenvalue weighted by atomic mass is 16.5. The lowest BCUT2D eigenvalue weighted by Gasteiger charge is -2.28. The molecular formula is C22H24N6O. The lowest BCUT2D eigenvalue weighted by atomic mass is 10.1. The van der Waals surface area contributed by atoms with Gasteiger partial charge in [0.25, 0.3) is 0 Å². The van der Waals surface area contributed by atoms with Crippen molar-refractivity contribution in [3.05, 3.63) is 65.9 Å². The number of nitrogens with two attached hydrogens (primary N) is 1. The highest BCUT2D eigenvalue weighted by molar-refractivity contribution is 5.85. The molecule has 2 N–H and O–H groups in total. The first-order valence-corrected chi connectivity index (χ1v) is 9.57. The number of ether oxygens (including phenoxy) is 1. The average molecular weight is 388 g/mol. The van der Waals surface area contributed by atoms with Crippen molar-refractivity contribution in [3.63, 3.8) is 0 Å². The van der Waals surface area contributed by atoms with E-state index >= 15 is 0 Å². The van der Waals surface area contributed by atoms with E-state index in [0.29, 0.717) is 24.7 Å². The molecule has 0 radical (unpaired) electrons. The molecule has 0 spiro atoms. The van der Waals surface area contributed by atoms with E-state index < -0.39 is 0 Å². The fourth-order valence-electron chi connectivity index (χ4n) is 3.26. The lowest BCUT2D eigenvalue weighted by molar-refractivity contribution is 0.122. The average Bonchev–Trinajstić information content (AvgIpc) is 3.17. The summed E-state index contributed by atoms with van der Waals surface area (Å²) in [4.78, 5) is 11.4. The molecule has 0 saturated carbocycles. The summed E-state index contributed by atoms with van der Waals surface area (Å²) in [6.07, 6.45) is 5.19. The fraction of sp³-hybridized carbons (Fsp3) is 0.227. The molecule has 1 saturated heterocycles. The Morgan fingerprint density at radius 2 is 2.07 bits per heavy atom. The Bertz CT molecular complexity index is 1090. The van der Waals surface area contributed by atoms with Crippen LogP contribution >= 0.6 is 0 Å². The third kappa shape index (κ3) is 4.20. The van der Waals surface area contributed by atoms with E-state index in [9.17, 15) is 0 Å². The molecule has 0 atom stereocenters. The van der Waals surface area contributed by atoms with Crippen LogP contribution in [0.4, 0.5) is 11.6 Å².